The number of halogens is 3. The van der Waals surface area contributed by atoms with Crippen molar-refractivity contribution in [2.75, 3.05) is 0 Å². The van der Waals surface area contributed by atoms with Crippen molar-refractivity contribution >= 4 is 41.6 Å². The van der Waals surface area contributed by atoms with Gasteiger partial charge in [0.15, 0.2) is 0 Å². The maximum Gasteiger partial charge on any atom is 0.433 e. The van der Waals surface area contributed by atoms with Crippen LogP contribution in [0.3, 0.4) is 0 Å². The van der Waals surface area contributed by atoms with Crippen molar-refractivity contribution in [1.29, 1.82) is 0 Å². The molecule has 0 spiro atoms. The fourth-order valence-electron chi connectivity index (χ4n) is 0.140. The van der Waals surface area contributed by atoms with Gasteiger partial charge in [-0.05, 0) is 12.6 Å². The summed E-state index contributed by atoms with van der Waals surface area (Å²) in [6, 6.07) is 0. The summed E-state index contributed by atoms with van der Waals surface area (Å²) in [6.07, 6.45) is 0. The molecule has 0 aliphatic carbocycles. The summed E-state index contributed by atoms with van der Waals surface area (Å²) in [4.78, 5) is 0. The minimum atomic E-state index is -5.02. The Morgan fingerprint density at radius 1 is 0.406 bits per heavy atom. The zero-order valence-corrected chi connectivity index (χ0v) is 21.3. The minimum absolute atomic E-state index is 2.78. The van der Waals surface area contributed by atoms with E-state index < -0.39 is 86.0 Å². The topological polar surface area (TPSA) is 453 Å². The molecule has 32 heavy (non-hydrogen) atoms. The van der Waals surface area contributed by atoms with Gasteiger partial charge < -0.3 is 25.2 Å². The Hall–Kier alpha value is 0.560. The van der Waals surface area contributed by atoms with Gasteiger partial charge in [0, 0.05) is 0 Å². The Morgan fingerprint density at radius 2 is 0.469 bits per heavy atom. The summed E-state index contributed by atoms with van der Waals surface area (Å²) < 4.78 is 191. The Kier molecular flexibility index (Phi) is 27.9. The van der Waals surface area contributed by atoms with Crippen LogP contribution in [0.15, 0.2) is 0 Å². The fraction of sp³-hybridized carbons (Fsp3) is 0. The lowest BCUT2D eigenvalue weighted by atomic mass is 14.9. The second-order valence-electron chi connectivity index (χ2n) is 2.59. The Bertz CT molecular complexity index is 674. The largest absolute Gasteiger partial charge is 0.433 e. The average molecular weight is 775 g/mol. The van der Waals surface area contributed by atoms with Crippen molar-refractivity contribution in [3.05, 3.63) is 0 Å². The van der Waals surface area contributed by atoms with Gasteiger partial charge in [0.1, 0.15) is 0 Å². The van der Waals surface area contributed by atoms with Gasteiger partial charge in [0.05, 0.1) is 0 Å². The number of rotatable bonds is 6. The first-order valence-corrected chi connectivity index (χ1v) is 16.0. The lowest BCUT2D eigenvalue weighted by Crippen LogP contribution is -2.30. The maximum absolute atomic E-state index is 9.51. The molecule has 25 nitrogen and oxygen atoms in total. The zero-order valence-electron chi connectivity index (χ0n) is 13.2. The van der Waals surface area contributed by atoms with Crippen LogP contribution in [0.5, 0.6) is 0 Å². The molecule has 32 heteroatoms. The lowest BCUT2D eigenvalue weighted by molar-refractivity contribution is -1.63. The summed E-state index contributed by atoms with van der Waals surface area (Å²) in [7, 11) is -20.1. The summed E-state index contributed by atoms with van der Waals surface area (Å²) in [6.45, 7) is 0. The third-order valence-electron chi connectivity index (χ3n) is 0.399. The highest BCUT2D eigenvalue weighted by atomic mass is 80.0. The molecule has 7 N–H and O–H groups in total. The van der Waals surface area contributed by atoms with Crippen LogP contribution in [0, 0.1) is 44.4 Å². The third-order valence-corrected chi connectivity index (χ3v) is 1.53. The average Bonchev–Trinajstić information content (AvgIpc) is 2.39. The highest BCUT2D eigenvalue weighted by Gasteiger charge is 2.14. The molecular formula is H7Br3O25S4. The quantitative estimate of drug-likeness (QED) is 0.0748. The lowest BCUT2D eigenvalue weighted by Gasteiger charge is -1.92. The molecule has 0 saturated heterocycles. The number of hydrogen-bond donors (Lipinski definition) is 7. The Labute approximate surface area is 192 Å². The van der Waals surface area contributed by atoms with E-state index in [-0.39, 0.29) is 0 Å². The van der Waals surface area contributed by atoms with Crippen molar-refractivity contribution in [3.63, 3.8) is 0 Å². The Morgan fingerprint density at radius 3 is 0.500 bits per heavy atom. The first-order chi connectivity index (χ1) is 13.6. The van der Waals surface area contributed by atoms with Crippen molar-refractivity contribution in [1.82, 2.24) is 0 Å². The van der Waals surface area contributed by atoms with Gasteiger partial charge in [-0.25, -0.2) is 0 Å². The van der Waals surface area contributed by atoms with Crippen LogP contribution in [0.2, 0.25) is 0 Å². The summed E-state index contributed by atoms with van der Waals surface area (Å²) in [5.74, 6) is 0. The molecule has 0 radical (unpaired) electrons. The van der Waals surface area contributed by atoms with E-state index in [1.54, 1.807) is 0 Å². The monoisotopic (exact) mass is 772 g/mol. The zero-order chi connectivity index (χ0) is 27.6. The van der Waals surface area contributed by atoms with E-state index in [9.17, 15) is 33.7 Å². The highest BCUT2D eigenvalue weighted by molar-refractivity contribution is 7.83. The van der Waals surface area contributed by atoms with Gasteiger partial charge in [0.25, 0.3) is 0 Å². The first-order valence-electron chi connectivity index (χ1n) is 4.50. The van der Waals surface area contributed by atoms with Crippen LogP contribution in [0.25, 0.3) is 0 Å². The molecule has 0 bridgehead atoms. The molecular weight excluding hydrogens is 768 g/mol. The van der Waals surface area contributed by atoms with Gasteiger partial charge >= 0.3 is 86.0 Å². The van der Waals surface area contributed by atoms with Gasteiger partial charge in [-0.1, -0.05) is 17.3 Å². The SMILES string of the molecule is O=S(=O)(O)OOS(=O)(=O)O.O=S(=O)(O)OOS(=O)(=O)O.[O-][Br+2]([O-])O.[O-][Br+2]([O-])O.[O-][Br+2]([O-])O. The predicted octanol–water partition coefficient (Wildman–Crippen LogP) is -11.7. The van der Waals surface area contributed by atoms with Crippen LogP contribution in [0.4, 0.5) is 0 Å². The van der Waals surface area contributed by atoms with Crippen LogP contribution < -0.4 is 25.2 Å². The molecule has 0 heterocycles. The molecule has 0 aromatic heterocycles. The molecule has 0 aliphatic heterocycles. The fourth-order valence-corrected chi connectivity index (χ4v) is 1.26. The first kappa shape index (κ1) is 42.7. The van der Waals surface area contributed by atoms with Crippen molar-refractivity contribution in [2.24, 2.45) is 0 Å². The van der Waals surface area contributed by atoms with E-state index in [1.165, 1.54) is 0 Å². The molecule has 0 aromatic carbocycles. The molecule has 0 rings (SSSR count). The standard InChI is InChI=1S/3BrHO3.2H2O8S2/c3*2-1(3)4;2*1-9(2,3)7-8-10(4,5)6/h3*2H;2*(H,1,2,3)(H,4,5,6). The Balaban J connectivity index is -0.000000103. The van der Waals surface area contributed by atoms with E-state index in [2.05, 4.69) is 17.3 Å². The normalized spacial score (nSPS) is 11.8. The van der Waals surface area contributed by atoms with Crippen LogP contribution >= 0.6 is 0 Å². The molecule has 202 valence electrons. The molecule has 0 amide bonds. The van der Waals surface area contributed by atoms with Crippen molar-refractivity contribution in [2.45, 2.75) is 0 Å². The molecule has 0 saturated carbocycles. The van der Waals surface area contributed by atoms with Gasteiger partial charge in [-0.15, -0.1) is 0 Å². The van der Waals surface area contributed by atoms with Crippen LogP contribution in [-0.4, -0.2) is 64.5 Å². The van der Waals surface area contributed by atoms with Crippen LogP contribution in [0.1, 0.15) is 0 Å². The smallest absolute Gasteiger partial charge is 0.372 e. The van der Waals surface area contributed by atoms with Crippen molar-refractivity contribution in [3.8, 4) is 0 Å². The molecule has 0 aliphatic rings. The summed E-state index contributed by atoms with van der Waals surface area (Å²) in [5.41, 5.74) is 0. The predicted molar refractivity (Wildman–Crippen MR) is 57.2 cm³/mol. The van der Waals surface area contributed by atoms with E-state index in [1.807, 2.05) is 0 Å². The third kappa shape index (κ3) is 126. The molecule has 0 fully saturated rings. The van der Waals surface area contributed by atoms with E-state index in [0.29, 0.717) is 0 Å². The molecule has 0 unspecified atom stereocenters. The summed E-state index contributed by atoms with van der Waals surface area (Å²) in [5, 5.41) is 0. The van der Waals surface area contributed by atoms with Gasteiger partial charge in [0.2, 0.25) is 0 Å². The second kappa shape index (κ2) is 20.9. The highest BCUT2D eigenvalue weighted by Crippen LogP contribution is 1.93. The van der Waals surface area contributed by atoms with Crippen molar-refractivity contribution < 1.29 is 151 Å². The minimum Gasteiger partial charge on any atom is -0.372 e. The maximum atomic E-state index is 9.51. The van der Waals surface area contributed by atoms with E-state index >= 15 is 0 Å². The van der Waals surface area contributed by atoms with Crippen LogP contribution in [-0.2, 0) is 58.9 Å². The van der Waals surface area contributed by atoms with Gasteiger partial charge in [-0.3, -0.25) is 18.2 Å². The van der Waals surface area contributed by atoms with Gasteiger partial charge in [-0.2, -0.15) is 33.7 Å². The number of hydrogen-bond acceptors (Lipinski definition) is 21. The molecule has 0 aromatic rings. The molecule has 0 atom stereocenters. The van der Waals surface area contributed by atoms with E-state index in [0.717, 1.165) is 0 Å². The summed E-state index contributed by atoms with van der Waals surface area (Å²) >= 11 is -10.2. The second-order valence-corrected chi connectivity index (χ2v) is 9.08. The van der Waals surface area contributed by atoms with E-state index in [4.69, 9.17) is 56.0 Å².